The molecule has 1 aromatic heterocycles. The molecule has 2 aromatic rings. The molecule has 0 aliphatic carbocycles. The van der Waals surface area contributed by atoms with Gasteiger partial charge in [0.2, 0.25) is 0 Å². The Labute approximate surface area is 101 Å². The van der Waals surface area contributed by atoms with Gasteiger partial charge in [-0.2, -0.15) is 18.3 Å². The van der Waals surface area contributed by atoms with E-state index in [0.717, 1.165) is 0 Å². The molecule has 0 radical (unpaired) electrons. The maximum Gasteiger partial charge on any atom is 0.435 e. The van der Waals surface area contributed by atoms with Gasteiger partial charge in [-0.25, -0.2) is 0 Å². The highest BCUT2D eigenvalue weighted by atomic mass is 19.4. The molecule has 6 heteroatoms. The molecule has 2 rings (SSSR count). The third kappa shape index (κ3) is 2.05. The van der Waals surface area contributed by atoms with Gasteiger partial charge in [0.15, 0.2) is 5.69 Å². The maximum atomic E-state index is 12.8. The maximum absolute atomic E-state index is 12.8. The SMILES string of the molecule is Cc1cc(-c2c(C(F)(F)F)n[nH]c2C)ccc1O. The van der Waals surface area contributed by atoms with E-state index in [1.807, 2.05) is 0 Å². The Balaban J connectivity index is 2.63. The third-order valence-electron chi connectivity index (χ3n) is 2.70. The van der Waals surface area contributed by atoms with E-state index in [9.17, 15) is 18.3 Å². The van der Waals surface area contributed by atoms with Crippen LogP contribution in [-0.2, 0) is 6.18 Å². The summed E-state index contributed by atoms with van der Waals surface area (Å²) >= 11 is 0. The van der Waals surface area contributed by atoms with Gasteiger partial charge in [-0.15, -0.1) is 0 Å². The lowest BCUT2D eigenvalue weighted by molar-refractivity contribution is -0.140. The number of nitrogens with zero attached hydrogens (tertiary/aromatic N) is 1. The summed E-state index contributed by atoms with van der Waals surface area (Å²) in [5.41, 5.74) is 0.313. The fourth-order valence-electron chi connectivity index (χ4n) is 1.80. The van der Waals surface area contributed by atoms with Crippen molar-refractivity contribution < 1.29 is 18.3 Å². The van der Waals surface area contributed by atoms with Crippen molar-refractivity contribution in [3.05, 3.63) is 35.2 Å². The number of H-pyrrole nitrogens is 1. The van der Waals surface area contributed by atoms with Crippen molar-refractivity contribution in [1.29, 1.82) is 0 Å². The summed E-state index contributed by atoms with van der Waals surface area (Å²) < 4.78 is 38.4. The Morgan fingerprint density at radius 2 is 1.89 bits per heavy atom. The first-order valence-corrected chi connectivity index (χ1v) is 5.23. The Morgan fingerprint density at radius 3 is 2.44 bits per heavy atom. The summed E-state index contributed by atoms with van der Waals surface area (Å²) in [6.07, 6.45) is -4.51. The van der Waals surface area contributed by atoms with Crippen molar-refractivity contribution in [2.75, 3.05) is 0 Å². The topological polar surface area (TPSA) is 48.9 Å². The van der Waals surface area contributed by atoms with Crippen LogP contribution in [0.5, 0.6) is 5.75 Å². The number of phenols is 1. The highest BCUT2D eigenvalue weighted by Gasteiger charge is 2.37. The number of hydrogen-bond donors (Lipinski definition) is 2. The quantitative estimate of drug-likeness (QED) is 0.821. The zero-order valence-corrected chi connectivity index (χ0v) is 9.76. The number of benzene rings is 1. The molecule has 0 unspecified atom stereocenters. The van der Waals surface area contributed by atoms with E-state index in [1.165, 1.54) is 25.1 Å². The van der Waals surface area contributed by atoms with E-state index < -0.39 is 11.9 Å². The molecule has 18 heavy (non-hydrogen) atoms. The predicted octanol–water partition coefficient (Wildman–Crippen LogP) is 3.42. The fourth-order valence-corrected chi connectivity index (χ4v) is 1.80. The van der Waals surface area contributed by atoms with Crippen LogP contribution < -0.4 is 0 Å². The molecule has 0 fully saturated rings. The van der Waals surface area contributed by atoms with Crippen molar-refractivity contribution in [1.82, 2.24) is 10.2 Å². The van der Waals surface area contributed by atoms with Crippen LogP contribution >= 0.6 is 0 Å². The second kappa shape index (κ2) is 4.04. The number of halogens is 3. The highest BCUT2D eigenvalue weighted by molar-refractivity contribution is 5.70. The van der Waals surface area contributed by atoms with Gasteiger partial charge >= 0.3 is 6.18 Å². The largest absolute Gasteiger partial charge is 0.508 e. The lowest BCUT2D eigenvalue weighted by Crippen LogP contribution is -2.07. The van der Waals surface area contributed by atoms with Crippen LogP contribution in [-0.4, -0.2) is 15.3 Å². The molecule has 96 valence electrons. The lowest BCUT2D eigenvalue weighted by atomic mass is 10.0. The van der Waals surface area contributed by atoms with Crippen LogP contribution in [0, 0.1) is 13.8 Å². The molecule has 0 bridgehead atoms. The molecule has 3 nitrogen and oxygen atoms in total. The molecular weight excluding hydrogens is 245 g/mol. The summed E-state index contributed by atoms with van der Waals surface area (Å²) in [5.74, 6) is 0.0495. The number of rotatable bonds is 1. The molecule has 0 aliphatic heterocycles. The number of hydrogen-bond acceptors (Lipinski definition) is 2. The second-order valence-corrected chi connectivity index (χ2v) is 4.07. The zero-order valence-electron chi connectivity index (χ0n) is 9.76. The third-order valence-corrected chi connectivity index (χ3v) is 2.70. The average Bonchev–Trinajstić information content (AvgIpc) is 2.64. The number of alkyl halides is 3. The number of aromatic hydroxyl groups is 1. The Morgan fingerprint density at radius 1 is 1.22 bits per heavy atom. The van der Waals surface area contributed by atoms with Crippen LogP contribution in [0.2, 0.25) is 0 Å². The molecule has 0 saturated heterocycles. The first-order valence-electron chi connectivity index (χ1n) is 5.23. The molecular formula is C12H11F3N2O. The van der Waals surface area contributed by atoms with Gasteiger partial charge in [-0.3, -0.25) is 5.10 Å². The van der Waals surface area contributed by atoms with Crippen molar-refractivity contribution in [3.63, 3.8) is 0 Å². The summed E-state index contributed by atoms with van der Waals surface area (Å²) in [5, 5.41) is 15.0. The van der Waals surface area contributed by atoms with Gasteiger partial charge in [-0.05, 0) is 37.1 Å². The normalized spacial score (nSPS) is 11.8. The van der Waals surface area contributed by atoms with Gasteiger partial charge in [0.1, 0.15) is 5.75 Å². The minimum atomic E-state index is -4.51. The zero-order chi connectivity index (χ0) is 13.5. The van der Waals surface area contributed by atoms with Gasteiger partial charge in [0.25, 0.3) is 0 Å². The fraction of sp³-hybridized carbons (Fsp3) is 0.250. The molecule has 0 atom stereocenters. The van der Waals surface area contributed by atoms with E-state index in [1.54, 1.807) is 6.92 Å². The van der Waals surface area contributed by atoms with Crippen molar-refractivity contribution in [3.8, 4) is 16.9 Å². The average molecular weight is 256 g/mol. The predicted molar refractivity (Wildman–Crippen MR) is 60.2 cm³/mol. The number of nitrogens with one attached hydrogen (secondary N) is 1. The van der Waals surface area contributed by atoms with Gasteiger partial charge in [0, 0.05) is 11.3 Å². The Hall–Kier alpha value is -1.98. The van der Waals surface area contributed by atoms with Crippen LogP contribution in [0.1, 0.15) is 17.0 Å². The van der Waals surface area contributed by atoms with Gasteiger partial charge < -0.3 is 5.11 Å². The first kappa shape index (κ1) is 12.5. The van der Waals surface area contributed by atoms with E-state index >= 15 is 0 Å². The van der Waals surface area contributed by atoms with Crippen LogP contribution in [0.4, 0.5) is 13.2 Å². The molecule has 2 N–H and O–H groups in total. The van der Waals surface area contributed by atoms with E-state index in [-0.39, 0.29) is 11.3 Å². The van der Waals surface area contributed by atoms with Gasteiger partial charge in [0.05, 0.1) is 0 Å². The van der Waals surface area contributed by atoms with E-state index in [0.29, 0.717) is 16.8 Å². The van der Waals surface area contributed by atoms with Crippen molar-refractivity contribution >= 4 is 0 Å². The molecule has 0 saturated carbocycles. The molecule has 1 heterocycles. The Kier molecular flexibility index (Phi) is 2.80. The lowest BCUT2D eigenvalue weighted by Gasteiger charge is -2.08. The van der Waals surface area contributed by atoms with Crippen LogP contribution in [0.3, 0.4) is 0 Å². The van der Waals surface area contributed by atoms with Crippen molar-refractivity contribution in [2.45, 2.75) is 20.0 Å². The van der Waals surface area contributed by atoms with Crippen molar-refractivity contribution in [2.24, 2.45) is 0 Å². The summed E-state index contributed by atoms with van der Waals surface area (Å²) in [7, 11) is 0. The van der Waals surface area contributed by atoms with Crippen LogP contribution in [0.15, 0.2) is 18.2 Å². The standard InChI is InChI=1S/C12H11F3N2O/c1-6-5-8(3-4-9(6)18)10-7(2)16-17-11(10)12(13,14)15/h3-5,18H,1-2H3,(H,16,17). The number of aryl methyl sites for hydroxylation is 2. The number of aromatic amines is 1. The highest BCUT2D eigenvalue weighted by Crippen LogP contribution is 2.38. The minimum Gasteiger partial charge on any atom is -0.508 e. The van der Waals surface area contributed by atoms with Crippen LogP contribution in [0.25, 0.3) is 11.1 Å². The van der Waals surface area contributed by atoms with E-state index in [2.05, 4.69) is 10.2 Å². The summed E-state index contributed by atoms with van der Waals surface area (Å²) in [6.45, 7) is 3.15. The monoisotopic (exact) mass is 256 g/mol. The number of aromatic nitrogens is 2. The number of phenolic OH excluding ortho intramolecular Hbond substituents is 1. The summed E-state index contributed by atoms with van der Waals surface area (Å²) in [6, 6.07) is 4.31. The molecule has 1 aromatic carbocycles. The Bertz CT molecular complexity index is 587. The molecule has 0 amide bonds. The second-order valence-electron chi connectivity index (χ2n) is 4.07. The first-order chi connectivity index (χ1) is 8.30. The smallest absolute Gasteiger partial charge is 0.435 e. The van der Waals surface area contributed by atoms with E-state index in [4.69, 9.17) is 0 Å². The molecule has 0 spiro atoms. The molecule has 0 aliphatic rings. The summed E-state index contributed by atoms with van der Waals surface area (Å²) in [4.78, 5) is 0. The van der Waals surface area contributed by atoms with Gasteiger partial charge in [-0.1, -0.05) is 6.07 Å². The minimum absolute atomic E-state index is 0.0191.